The van der Waals surface area contributed by atoms with E-state index >= 15 is 0 Å². The number of aryl methyl sites for hydroxylation is 1. The summed E-state index contributed by atoms with van der Waals surface area (Å²) in [5.41, 5.74) is 2.74. The van der Waals surface area contributed by atoms with Crippen molar-refractivity contribution in [3.05, 3.63) is 65.3 Å². The van der Waals surface area contributed by atoms with Gasteiger partial charge in [0.25, 0.3) is 5.91 Å². The molecular formula is C19H19N3O2S. The van der Waals surface area contributed by atoms with Crippen LogP contribution in [0.25, 0.3) is 10.7 Å². The monoisotopic (exact) mass is 353 g/mol. The maximum absolute atomic E-state index is 12.0. The Balaban J connectivity index is 1.50. The predicted molar refractivity (Wildman–Crippen MR) is 98.5 cm³/mol. The highest BCUT2D eigenvalue weighted by Gasteiger charge is 2.08. The van der Waals surface area contributed by atoms with Gasteiger partial charge in [0.15, 0.2) is 6.61 Å². The number of carbonyl (C=O) groups excluding carboxylic acids is 1. The maximum atomic E-state index is 12.0. The van der Waals surface area contributed by atoms with E-state index in [-0.39, 0.29) is 12.5 Å². The maximum Gasteiger partial charge on any atom is 0.258 e. The molecule has 0 bridgehead atoms. The predicted octanol–water partition coefficient (Wildman–Crippen LogP) is 3.46. The number of thiazole rings is 1. The number of benzene rings is 1. The number of nitrogens with zero attached hydrogens (tertiary/aromatic N) is 2. The first-order valence-corrected chi connectivity index (χ1v) is 8.97. The van der Waals surface area contributed by atoms with E-state index in [0.29, 0.717) is 6.54 Å². The molecule has 5 nitrogen and oxygen atoms in total. The molecule has 3 aromatic rings. The molecule has 0 saturated carbocycles. The van der Waals surface area contributed by atoms with Gasteiger partial charge in [0.05, 0.1) is 17.9 Å². The molecule has 0 aliphatic carbocycles. The first kappa shape index (κ1) is 17.1. The fraction of sp³-hybridized carbons (Fsp3) is 0.211. The molecule has 1 amide bonds. The molecule has 1 aromatic carbocycles. The van der Waals surface area contributed by atoms with Crippen LogP contribution < -0.4 is 10.1 Å². The van der Waals surface area contributed by atoms with Crippen molar-refractivity contribution in [2.24, 2.45) is 0 Å². The van der Waals surface area contributed by atoms with Crippen LogP contribution in [-0.4, -0.2) is 22.5 Å². The Morgan fingerprint density at radius 2 is 2.04 bits per heavy atom. The smallest absolute Gasteiger partial charge is 0.258 e. The molecule has 1 N–H and O–H groups in total. The standard InChI is InChI=1S/C19H19N3O2S/c1-2-14-7-3-4-9-17(14)24-12-18(23)21-11-15-13-25-19(22-15)16-8-5-6-10-20-16/h3-10,13H,2,11-12H2,1H3,(H,21,23). The summed E-state index contributed by atoms with van der Waals surface area (Å²) in [4.78, 5) is 20.8. The Labute approximate surface area is 150 Å². The minimum absolute atomic E-state index is 0.00571. The summed E-state index contributed by atoms with van der Waals surface area (Å²) in [5.74, 6) is 0.588. The van der Waals surface area contributed by atoms with E-state index in [1.54, 1.807) is 6.20 Å². The van der Waals surface area contributed by atoms with Crippen molar-refractivity contribution >= 4 is 17.2 Å². The van der Waals surface area contributed by atoms with Crippen LogP contribution in [0, 0.1) is 0 Å². The average molecular weight is 353 g/mol. The minimum Gasteiger partial charge on any atom is -0.483 e. The molecule has 0 aliphatic heterocycles. The van der Waals surface area contributed by atoms with Crippen LogP contribution in [0.5, 0.6) is 5.75 Å². The number of hydrogen-bond donors (Lipinski definition) is 1. The van der Waals surface area contributed by atoms with Gasteiger partial charge in [-0.1, -0.05) is 31.2 Å². The second-order valence-electron chi connectivity index (χ2n) is 5.39. The van der Waals surface area contributed by atoms with Crippen LogP contribution in [0.4, 0.5) is 0 Å². The van der Waals surface area contributed by atoms with Crippen molar-refractivity contribution in [3.63, 3.8) is 0 Å². The van der Waals surface area contributed by atoms with Crippen LogP contribution >= 0.6 is 11.3 Å². The molecule has 3 rings (SSSR count). The molecule has 6 heteroatoms. The first-order valence-electron chi connectivity index (χ1n) is 8.09. The average Bonchev–Trinajstić information content (AvgIpc) is 3.14. The Morgan fingerprint density at radius 1 is 1.20 bits per heavy atom. The highest BCUT2D eigenvalue weighted by molar-refractivity contribution is 7.13. The van der Waals surface area contributed by atoms with Gasteiger partial charge in [-0.3, -0.25) is 9.78 Å². The van der Waals surface area contributed by atoms with E-state index in [4.69, 9.17) is 4.74 Å². The summed E-state index contributed by atoms with van der Waals surface area (Å²) in [6.07, 6.45) is 2.61. The van der Waals surface area contributed by atoms with Crippen molar-refractivity contribution in [3.8, 4) is 16.5 Å². The fourth-order valence-corrected chi connectivity index (χ4v) is 3.11. The van der Waals surface area contributed by atoms with E-state index in [2.05, 4.69) is 22.2 Å². The number of hydrogen-bond acceptors (Lipinski definition) is 5. The number of para-hydroxylation sites is 1. The normalized spacial score (nSPS) is 10.4. The van der Waals surface area contributed by atoms with Crippen LogP contribution in [0.15, 0.2) is 54.0 Å². The van der Waals surface area contributed by atoms with Gasteiger partial charge in [-0.05, 0) is 30.2 Å². The van der Waals surface area contributed by atoms with Gasteiger partial charge in [-0.25, -0.2) is 4.98 Å². The zero-order chi connectivity index (χ0) is 17.5. The number of carbonyl (C=O) groups is 1. The Hall–Kier alpha value is -2.73. The number of nitrogens with one attached hydrogen (secondary N) is 1. The highest BCUT2D eigenvalue weighted by atomic mass is 32.1. The number of amides is 1. The minimum atomic E-state index is -0.168. The van der Waals surface area contributed by atoms with Crippen LogP contribution in [0.3, 0.4) is 0 Å². The highest BCUT2D eigenvalue weighted by Crippen LogP contribution is 2.21. The molecule has 0 saturated heterocycles. The molecule has 0 aliphatic rings. The lowest BCUT2D eigenvalue weighted by Crippen LogP contribution is -2.28. The summed E-state index contributed by atoms with van der Waals surface area (Å²) in [7, 11) is 0. The van der Waals surface area contributed by atoms with E-state index in [1.807, 2.05) is 47.8 Å². The molecule has 0 radical (unpaired) electrons. The van der Waals surface area contributed by atoms with E-state index < -0.39 is 0 Å². The number of aromatic nitrogens is 2. The molecular weight excluding hydrogens is 334 g/mol. The van der Waals surface area contributed by atoms with Crippen molar-refractivity contribution in [1.29, 1.82) is 0 Å². The topological polar surface area (TPSA) is 64.1 Å². The van der Waals surface area contributed by atoms with Crippen LogP contribution in [0.2, 0.25) is 0 Å². The molecule has 2 aromatic heterocycles. The summed E-state index contributed by atoms with van der Waals surface area (Å²) in [6.45, 7) is 2.43. The summed E-state index contributed by atoms with van der Waals surface area (Å²) in [5, 5.41) is 5.60. The van der Waals surface area contributed by atoms with Gasteiger partial charge >= 0.3 is 0 Å². The van der Waals surface area contributed by atoms with Crippen molar-refractivity contribution in [1.82, 2.24) is 15.3 Å². The first-order chi connectivity index (χ1) is 12.3. The van der Waals surface area contributed by atoms with Crippen molar-refractivity contribution in [2.75, 3.05) is 6.61 Å². The van der Waals surface area contributed by atoms with Gasteiger partial charge in [-0.2, -0.15) is 0 Å². The number of pyridine rings is 1. The molecule has 2 heterocycles. The Kier molecular flexibility index (Phi) is 5.74. The third kappa shape index (κ3) is 4.64. The van der Waals surface area contributed by atoms with E-state index in [1.165, 1.54) is 11.3 Å². The lowest BCUT2D eigenvalue weighted by molar-refractivity contribution is -0.123. The largest absolute Gasteiger partial charge is 0.483 e. The van der Waals surface area contributed by atoms with Gasteiger partial charge < -0.3 is 10.1 Å². The SMILES string of the molecule is CCc1ccccc1OCC(=O)NCc1csc(-c2ccccn2)n1. The van der Waals surface area contributed by atoms with Crippen molar-refractivity contribution in [2.45, 2.75) is 19.9 Å². The van der Waals surface area contributed by atoms with Gasteiger partial charge in [-0.15, -0.1) is 11.3 Å². The molecule has 0 unspecified atom stereocenters. The number of rotatable bonds is 7. The van der Waals surface area contributed by atoms with Gasteiger partial charge in [0, 0.05) is 11.6 Å². The van der Waals surface area contributed by atoms with Gasteiger partial charge in [0.2, 0.25) is 0 Å². The summed E-state index contributed by atoms with van der Waals surface area (Å²) in [6, 6.07) is 13.5. The zero-order valence-electron chi connectivity index (χ0n) is 13.9. The quantitative estimate of drug-likeness (QED) is 0.706. The molecule has 0 atom stereocenters. The second-order valence-corrected chi connectivity index (χ2v) is 6.24. The van der Waals surface area contributed by atoms with Gasteiger partial charge in [0.1, 0.15) is 10.8 Å². The molecule has 0 fully saturated rings. The zero-order valence-corrected chi connectivity index (χ0v) is 14.8. The lowest BCUT2D eigenvalue weighted by atomic mass is 10.1. The summed E-state index contributed by atoms with van der Waals surface area (Å²) >= 11 is 1.51. The lowest BCUT2D eigenvalue weighted by Gasteiger charge is -2.10. The van der Waals surface area contributed by atoms with E-state index in [0.717, 1.165) is 34.1 Å². The third-order valence-electron chi connectivity index (χ3n) is 3.61. The molecule has 128 valence electrons. The molecule has 0 spiro atoms. The molecule has 25 heavy (non-hydrogen) atoms. The Morgan fingerprint density at radius 3 is 2.84 bits per heavy atom. The fourth-order valence-electron chi connectivity index (χ4n) is 2.32. The number of ether oxygens (including phenoxy) is 1. The van der Waals surface area contributed by atoms with Crippen molar-refractivity contribution < 1.29 is 9.53 Å². The summed E-state index contributed by atoms with van der Waals surface area (Å²) < 4.78 is 5.61. The Bertz CT molecular complexity index is 833. The van der Waals surface area contributed by atoms with Crippen LogP contribution in [-0.2, 0) is 17.8 Å². The van der Waals surface area contributed by atoms with Crippen LogP contribution in [0.1, 0.15) is 18.2 Å². The second kappa shape index (κ2) is 8.39. The van der Waals surface area contributed by atoms with E-state index in [9.17, 15) is 4.79 Å². The third-order valence-corrected chi connectivity index (χ3v) is 4.53.